The van der Waals surface area contributed by atoms with E-state index in [4.69, 9.17) is 4.74 Å². The molecule has 0 aromatic rings. The van der Waals surface area contributed by atoms with Gasteiger partial charge in [0.1, 0.15) is 0 Å². The van der Waals surface area contributed by atoms with E-state index in [2.05, 4.69) is 5.32 Å². The lowest BCUT2D eigenvalue weighted by Gasteiger charge is -2.01. The minimum Gasteiger partial charge on any atom is -0.466 e. The molecule has 60 valence electrons. The van der Waals surface area contributed by atoms with E-state index in [0.717, 1.165) is 19.5 Å². The maximum absolute atomic E-state index is 10.2. The van der Waals surface area contributed by atoms with Crippen LogP contribution in [0.2, 0.25) is 0 Å². The number of hydrogen-bond acceptors (Lipinski definition) is 3. The fourth-order valence-electron chi connectivity index (χ4n) is 0.590. The highest BCUT2D eigenvalue weighted by Gasteiger charge is 1.90. The van der Waals surface area contributed by atoms with Gasteiger partial charge in [-0.15, -0.1) is 0 Å². The first-order valence-electron chi connectivity index (χ1n) is 3.61. The summed E-state index contributed by atoms with van der Waals surface area (Å²) in [4.78, 5) is 10.2. The second-order valence-corrected chi connectivity index (χ2v) is 2.05. The van der Waals surface area contributed by atoms with E-state index in [9.17, 15) is 4.79 Å². The molecule has 0 aromatic heterocycles. The second-order valence-electron chi connectivity index (χ2n) is 2.05. The lowest BCUT2D eigenvalue weighted by Crippen LogP contribution is -2.16. The standard InChI is InChI=1S/C7H15NO2/c1-3-8-5-4-6-10-7(2)9/h8H,3-6H2,1-2H3. The van der Waals surface area contributed by atoms with Gasteiger partial charge in [0, 0.05) is 6.92 Å². The molecule has 0 spiro atoms. The number of rotatable bonds is 5. The second kappa shape index (κ2) is 6.55. The van der Waals surface area contributed by atoms with Crippen molar-refractivity contribution in [3.8, 4) is 0 Å². The van der Waals surface area contributed by atoms with Crippen LogP contribution in [0.25, 0.3) is 0 Å². The lowest BCUT2D eigenvalue weighted by atomic mass is 10.4. The Morgan fingerprint density at radius 3 is 2.80 bits per heavy atom. The van der Waals surface area contributed by atoms with Gasteiger partial charge in [0.2, 0.25) is 0 Å². The smallest absolute Gasteiger partial charge is 0.302 e. The fourth-order valence-corrected chi connectivity index (χ4v) is 0.590. The molecule has 0 saturated heterocycles. The van der Waals surface area contributed by atoms with Gasteiger partial charge in [-0.05, 0) is 19.5 Å². The van der Waals surface area contributed by atoms with Gasteiger partial charge in [0.15, 0.2) is 0 Å². The first kappa shape index (κ1) is 9.43. The molecule has 0 bridgehead atoms. The molecule has 3 heteroatoms. The van der Waals surface area contributed by atoms with Gasteiger partial charge in [-0.2, -0.15) is 0 Å². The summed E-state index contributed by atoms with van der Waals surface area (Å²) in [5.41, 5.74) is 0. The SMILES string of the molecule is CCNCCCOC(C)=O. The first-order chi connectivity index (χ1) is 4.77. The Morgan fingerprint density at radius 2 is 2.30 bits per heavy atom. The molecule has 0 rings (SSSR count). The Kier molecular flexibility index (Phi) is 6.18. The Hall–Kier alpha value is -0.570. The molecule has 0 aromatic carbocycles. The molecule has 1 N–H and O–H groups in total. The van der Waals surface area contributed by atoms with Crippen LogP contribution in [0.3, 0.4) is 0 Å². The number of esters is 1. The molecule has 0 saturated carbocycles. The van der Waals surface area contributed by atoms with Gasteiger partial charge in [0.05, 0.1) is 6.61 Å². The summed E-state index contributed by atoms with van der Waals surface area (Å²) >= 11 is 0. The lowest BCUT2D eigenvalue weighted by molar-refractivity contribution is -0.141. The summed E-state index contributed by atoms with van der Waals surface area (Å²) < 4.78 is 4.71. The Bertz CT molecular complexity index is 93.6. The monoisotopic (exact) mass is 145 g/mol. The highest BCUT2D eigenvalue weighted by Crippen LogP contribution is 1.80. The van der Waals surface area contributed by atoms with E-state index in [1.165, 1.54) is 6.92 Å². The summed E-state index contributed by atoms with van der Waals surface area (Å²) in [6.45, 7) is 5.89. The number of nitrogens with one attached hydrogen (secondary N) is 1. The third kappa shape index (κ3) is 7.43. The highest BCUT2D eigenvalue weighted by molar-refractivity contribution is 5.65. The third-order valence-corrected chi connectivity index (χ3v) is 1.05. The van der Waals surface area contributed by atoms with Crippen molar-refractivity contribution in [3.05, 3.63) is 0 Å². The number of ether oxygens (including phenoxy) is 1. The topological polar surface area (TPSA) is 38.3 Å². The van der Waals surface area contributed by atoms with Crippen molar-refractivity contribution in [2.75, 3.05) is 19.7 Å². The summed E-state index contributed by atoms with van der Waals surface area (Å²) in [5.74, 6) is -0.198. The summed E-state index contributed by atoms with van der Waals surface area (Å²) in [6, 6.07) is 0. The van der Waals surface area contributed by atoms with Gasteiger partial charge in [0.25, 0.3) is 0 Å². The first-order valence-corrected chi connectivity index (χ1v) is 3.61. The van der Waals surface area contributed by atoms with Crippen LogP contribution in [0.4, 0.5) is 0 Å². The van der Waals surface area contributed by atoms with E-state index < -0.39 is 0 Å². The minimum absolute atomic E-state index is 0.198. The molecule has 0 radical (unpaired) electrons. The summed E-state index contributed by atoms with van der Waals surface area (Å²) in [6.07, 6.45) is 0.896. The zero-order valence-corrected chi connectivity index (χ0v) is 6.64. The number of carbonyl (C=O) groups excluding carboxylic acids is 1. The van der Waals surface area contributed by atoms with E-state index in [1.807, 2.05) is 6.92 Å². The van der Waals surface area contributed by atoms with E-state index >= 15 is 0 Å². The Morgan fingerprint density at radius 1 is 1.60 bits per heavy atom. The maximum atomic E-state index is 10.2. The van der Waals surface area contributed by atoms with Gasteiger partial charge < -0.3 is 10.1 Å². The molecule has 3 nitrogen and oxygen atoms in total. The zero-order valence-electron chi connectivity index (χ0n) is 6.64. The van der Waals surface area contributed by atoms with Crippen LogP contribution in [0.1, 0.15) is 20.3 Å². The van der Waals surface area contributed by atoms with Crippen LogP contribution in [-0.4, -0.2) is 25.7 Å². The van der Waals surface area contributed by atoms with Crippen molar-refractivity contribution in [2.45, 2.75) is 20.3 Å². The van der Waals surface area contributed by atoms with E-state index in [0.29, 0.717) is 6.61 Å². The van der Waals surface area contributed by atoms with Crippen LogP contribution >= 0.6 is 0 Å². The molecule has 0 amide bonds. The normalized spacial score (nSPS) is 9.40. The van der Waals surface area contributed by atoms with Crippen molar-refractivity contribution in [2.24, 2.45) is 0 Å². The van der Waals surface area contributed by atoms with E-state index in [1.54, 1.807) is 0 Å². The van der Waals surface area contributed by atoms with Gasteiger partial charge in [-0.25, -0.2) is 0 Å². The minimum atomic E-state index is -0.198. The van der Waals surface area contributed by atoms with Crippen LogP contribution in [0.5, 0.6) is 0 Å². The van der Waals surface area contributed by atoms with Crippen LogP contribution < -0.4 is 5.32 Å². The van der Waals surface area contributed by atoms with Gasteiger partial charge >= 0.3 is 5.97 Å². The van der Waals surface area contributed by atoms with Crippen molar-refractivity contribution >= 4 is 5.97 Å². The molecule has 10 heavy (non-hydrogen) atoms. The fraction of sp³-hybridized carbons (Fsp3) is 0.857. The molecular formula is C7H15NO2. The van der Waals surface area contributed by atoms with Gasteiger partial charge in [-0.3, -0.25) is 4.79 Å². The van der Waals surface area contributed by atoms with Crippen molar-refractivity contribution in [1.82, 2.24) is 5.32 Å². The van der Waals surface area contributed by atoms with Crippen molar-refractivity contribution < 1.29 is 9.53 Å². The molecular weight excluding hydrogens is 130 g/mol. The van der Waals surface area contributed by atoms with Crippen LogP contribution in [0, 0.1) is 0 Å². The Labute approximate surface area is 61.8 Å². The van der Waals surface area contributed by atoms with Gasteiger partial charge in [-0.1, -0.05) is 6.92 Å². The summed E-state index contributed by atoms with van der Waals surface area (Å²) in [7, 11) is 0. The Balaban J connectivity index is 2.84. The van der Waals surface area contributed by atoms with Crippen LogP contribution in [0.15, 0.2) is 0 Å². The van der Waals surface area contributed by atoms with Crippen LogP contribution in [-0.2, 0) is 9.53 Å². The molecule has 0 fully saturated rings. The molecule has 0 aliphatic rings. The van der Waals surface area contributed by atoms with Crippen molar-refractivity contribution in [1.29, 1.82) is 0 Å². The predicted octanol–water partition coefficient (Wildman–Crippen LogP) is 0.549. The number of carbonyl (C=O) groups is 1. The molecule has 0 heterocycles. The molecule has 0 aliphatic carbocycles. The predicted molar refractivity (Wildman–Crippen MR) is 39.8 cm³/mol. The largest absolute Gasteiger partial charge is 0.466 e. The highest BCUT2D eigenvalue weighted by atomic mass is 16.5. The molecule has 0 aliphatic heterocycles. The van der Waals surface area contributed by atoms with E-state index in [-0.39, 0.29) is 5.97 Å². The average molecular weight is 145 g/mol. The molecule has 0 unspecified atom stereocenters. The maximum Gasteiger partial charge on any atom is 0.302 e. The average Bonchev–Trinajstić information content (AvgIpc) is 1.87. The molecule has 0 atom stereocenters. The van der Waals surface area contributed by atoms with Crippen molar-refractivity contribution in [3.63, 3.8) is 0 Å². The zero-order chi connectivity index (χ0) is 7.82. The quantitative estimate of drug-likeness (QED) is 0.453. The third-order valence-electron chi connectivity index (χ3n) is 1.05. The summed E-state index contributed by atoms with van der Waals surface area (Å²) in [5, 5.41) is 3.13. The number of hydrogen-bond donors (Lipinski definition) is 1.